The van der Waals surface area contributed by atoms with E-state index in [0.29, 0.717) is 10.8 Å². The minimum Gasteiger partial charge on any atom is -0.508 e. The van der Waals surface area contributed by atoms with Gasteiger partial charge in [-0.25, -0.2) is 14.2 Å². The molecule has 1 aromatic heterocycles. The van der Waals surface area contributed by atoms with Gasteiger partial charge in [0, 0.05) is 11.4 Å². The second-order valence-electron chi connectivity index (χ2n) is 5.52. The number of halogens is 1. The molecule has 0 radical (unpaired) electrons. The summed E-state index contributed by atoms with van der Waals surface area (Å²) in [5.41, 5.74) is 0.274. The summed E-state index contributed by atoms with van der Waals surface area (Å²) in [5.74, 6) is -2.20. The van der Waals surface area contributed by atoms with Crippen molar-refractivity contribution >= 4 is 29.2 Å². The second-order valence-corrected chi connectivity index (χ2v) is 6.29. The Morgan fingerprint density at radius 2 is 1.93 bits per heavy atom. The van der Waals surface area contributed by atoms with E-state index in [2.05, 4.69) is 4.98 Å². The highest BCUT2D eigenvalue weighted by molar-refractivity contribution is 7.98. The van der Waals surface area contributed by atoms with Gasteiger partial charge in [0.15, 0.2) is 16.6 Å². The average Bonchev–Trinajstić information content (AvgIpc) is 3.03. The van der Waals surface area contributed by atoms with Gasteiger partial charge in [-0.2, -0.15) is 0 Å². The summed E-state index contributed by atoms with van der Waals surface area (Å²) in [4.78, 5) is 28.1. The Bertz CT molecular complexity index is 903. The van der Waals surface area contributed by atoms with Crippen LogP contribution in [-0.4, -0.2) is 45.0 Å². The van der Waals surface area contributed by atoms with Crippen LogP contribution in [0.3, 0.4) is 0 Å². The number of aromatic nitrogens is 2. The smallest absolute Gasteiger partial charge is 0.357 e. The van der Waals surface area contributed by atoms with Crippen molar-refractivity contribution in [2.45, 2.75) is 19.0 Å². The molecular weight excluding hydrogens is 373 g/mol. The summed E-state index contributed by atoms with van der Waals surface area (Å²) in [5, 5.41) is 18.0. The number of Topliss-reactive ketones (excluding diaryl/α,β-unsaturated/α-hetero) is 1. The normalized spacial score (nSPS) is 11.7. The largest absolute Gasteiger partial charge is 0.508 e. The van der Waals surface area contributed by atoms with E-state index in [1.165, 1.54) is 60.6 Å². The van der Waals surface area contributed by atoms with Gasteiger partial charge in [-0.1, -0.05) is 11.8 Å². The third-order valence-electron chi connectivity index (χ3n) is 3.56. The second kappa shape index (κ2) is 8.63. The van der Waals surface area contributed by atoms with Crippen molar-refractivity contribution in [3.8, 4) is 5.69 Å². The van der Waals surface area contributed by atoms with Crippen molar-refractivity contribution in [2.75, 3.05) is 12.9 Å². The van der Waals surface area contributed by atoms with Gasteiger partial charge in [0.2, 0.25) is 0 Å². The Kier molecular flexibility index (Phi) is 6.51. The molecule has 27 heavy (non-hydrogen) atoms. The third-order valence-corrected chi connectivity index (χ3v) is 4.21. The molecule has 0 saturated heterocycles. The van der Waals surface area contributed by atoms with Crippen molar-refractivity contribution in [3.63, 3.8) is 0 Å². The molecule has 9 heteroatoms. The molecule has 0 atom stereocenters. The van der Waals surface area contributed by atoms with Gasteiger partial charge in [-0.05, 0) is 44.4 Å². The number of rotatable bonds is 7. The quantitative estimate of drug-likeness (QED) is 0.247. The number of aliphatic hydroxyl groups is 1. The number of esters is 1. The molecule has 2 rings (SSSR count). The van der Waals surface area contributed by atoms with Crippen LogP contribution in [0.25, 0.3) is 5.69 Å². The van der Waals surface area contributed by atoms with Crippen molar-refractivity contribution in [1.29, 1.82) is 5.41 Å². The lowest BCUT2D eigenvalue weighted by atomic mass is 10.1. The number of carbonyl (C=O) groups is 2. The summed E-state index contributed by atoms with van der Waals surface area (Å²) in [6.07, 6.45) is 3.09. The van der Waals surface area contributed by atoms with E-state index in [1.807, 2.05) is 0 Å². The minimum atomic E-state index is -0.788. The van der Waals surface area contributed by atoms with Gasteiger partial charge >= 0.3 is 5.97 Å². The Balaban J connectivity index is 2.31. The molecule has 0 unspecified atom stereocenters. The number of imidazole rings is 1. The van der Waals surface area contributed by atoms with Crippen LogP contribution in [-0.2, 0) is 9.53 Å². The molecule has 0 amide bonds. The Morgan fingerprint density at radius 3 is 2.44 bits per heavy atom. The topological polar surface area (TPSA) is 105 Å². The van der Waals surface area contributed by atoms with Crippen molar-refractivity contribution < 1.29 is 23.8 Å². The lowest BCUT2D eigenvalue weighted by molar-refractivity contribution is -0.113. The Morgan fingerprint density at radius 1 is 1.30 bits per heavy atom. The highest BCUT2D eigenvalue weighted by Gasteiger charge is 2.21. The maximum Gasteiger partial charge on any atom is 0.357 e. The summed E-state index contributed by atoms with van der Waals surface area (Å²) >= 11 is 1.29. The number of benzene rings is 1. The van der Waals surface area contributed by atoms with Crippen LogP contribution in [0.4, 0.5) is 4.39 Å². The molecule has 0 aliphatic heterocycles. The van der Waals surface area contributed by atoms with Crippen LogP contribution in [0.1, 0.15) is 24.3 Å². The molecule has 2 aromatic rings. The van der Waals surface area contributed by atoms with Gasteiger partial charge < -0.3 is 15.3 Å². The van der Waals surface area contributed by atoms with Crippen LogP contribution < -0.4 is 0 Å². The molecule has 1 aromatic carbocycles. The van der Waals surface area contributed by atoms with Crippen LogP contribution in [0.5, 0.6) is 0 Å². The molecule has 0 saturated carbocycles. The van der Waals surface area contributed by atoms with Crippen LogP contribution in [0.15, 0.2) is 47.0 Å². The number of aliphatic hydroxyl groups excluding tert-OH is 1. The van der Waals surface area contributed by atoms with Crippen LogP contribution >= 0.6 is 11.8 Å². The number of ether oxygens (including phenoxy) is 1. The van der Waals surface area contributed by atoms with E-state index in [1.54, 1.807) is 6.26 Å². The van der Waals surface area contributed by atoms with E-state index < -0.39 is 29.9 Å². The zero-order valence-corrected chi connectivity index (χ0v) is 15.8. The van der Waals surface area contributed by atoms with Crippen molar-refractivity contribution in [1.82, 2.24) is 9.55 Å². The summed E-state index contributed by atoms with van der Waals surface area (Å²) in [6, 6.07) is 5.51. The third kappa shape index (κ3) is 4.62. The molecule has 1 heterocycles. The Hall–Kier alpha value is -2.94. The lowest BCUT2D eigenvalue weighted by Gasteiger charge is -2.11. The molecule has 0 aliphatic rings. The fraction of sp³-hybridized carbons (Fsp3) is 0.222. The monoisotopic (exact) mass is 391 g/mol. The van der Waals surface area contributed by atoms with Crippen LogP contribution in [0.2, 0.25) is 0 Å². The van der Waals surface area contributed by atoms with E-state index in [9.17, 15) is 19.1 Å². The first-order chi connectivity index (χ1) is 12.8. The van der Waals surface area contributed by atoms with Gasteiger partial charge in [-0.15, -0.1) is 0 Å². The standard InChI is InChI=1S/C18H18FN3O4S/c1-10(20)16(11(2)23)15(24)9-26-17(25)14-8-21-18(27-3)22(14)13-6-4-12(19)5-7-13/h4-8,20,24H,9H2,1-3H3/b16-15-,20-10?. The number of hydrogen-bond donors (Lipinski definition) is 2. The number of hydrogen-bond acceptors (Lipinski definition) is 7. The average molecular weight is 391 g/mol. The molecule has 2 N–H and O–H groups in total. The number of thioether (sulfide) groups is 1. The first-order valence-electron chi connectivity index (χ1n) is 7.79. The van der Waals surface area contributed by atoms with E-state index in [4.69, 9.17) is 10.1 Å². The van der Waals surface area contributed by atoms with E-state index >= 15 is 0 Å². The lowest BCUT2D eigenvalue weighted by Crippen LogP contribution is -2.17. The van der Waals surface area contributed by atoms with Gasteiger partial charge in [0.25, 0.3) is 0 Å². The number of allylic oxidation sites excluding steroid dienone is 1. The van der Waals surface area contributed by atoms with E-state index in [0.717, 1.165) is 0 Å². The molecule has 0 bridgehead atoms. The van der Waals surface area contributed by atoms with E-state index in [-0.39, 0.29) is 17.0 Å². The fourth-order valence-corrected chi connectivity index (χ4v) is 2.97. The minimum absolute atomic E-state index is 0.0784. The molecule has 7 nitrogen and oxygen atoms in total. The molecule has 0 fully saturated rings. The molecule has 0 aliphatic carbocycles. The number of ketones is 1. The zero-order chi connectivity index (χ0) is 20.1. The first kappa shape index (κ1) is 20.4. The number of carbonyl (C=O) groups excluding carboxylic acids is 2. The van der Waals surface area contributed by atoms with Gasteiger partial charge in [0.05, 0.1) is 11.8 Å². The molecular formula is C18H18FN3O4S. The summed E-state index contributed by atoms with van der Waals surface area (Å²) < 4.78 is 19.8. The van der Waals surface area contributed by atoms with Gasteiger partial charge in [0.1, 0.15) is 18.2 Å². The highest BCUT2D eigenvalue weighted by Crippen LogP contribution is 2.22. The fourth-order valence-electron chi connectivity index (χ4n) is 2.43. The van der Waals surface area contributed by atoms with Crippen molar-refractivity contribution in [3.05, 3.63) is 53.3 Å². The van der Waals surface area contributed by atoms with Crippen molar-refractivity contribution in [2.24, 2.45) is 0 Å². The Labute approximate surface area is 159 Å². The maximum atomic E-state index is 13.2. The molecule has 0 spiro atoms. The predicted octanol–water partition coefficient (Wildman–Crippen LogP) is 3.33. The number of nitrogens with zero attached hydrogens (tertiary/aromatic N) is 2. The zero-order valence-electron chi connectivity index (χ0n) is 14.9. The SMILES string of the molecule is CSc1ncc(C(=O)OC/C(O)=C(\C(C)=N)C(C)=O)n1-c1ccc(F)cc1. The summed E-state index contributed by atoms with van der Waals surface area (Å²) in [7, 11) is 0. The van der Waals surface area contributed by atoms with Gasteiger partial charge in [-0.3, -0.25) is 9.36 Å². The highest BCUT2D eigenvalue weighted by atomic mass is 32.2. The predicted molar refractivity (Wildman–Crippen MR) is 99.3 cm³/mol. The summed E-state index contributed by atoms with van der Waals surface area (Å²) in [6.45, 7) is 2.00. The maximum absolute atomic E-state index is 13.2. The number of nitrogens with one attached hydrogen (secondary N) is 1. The first-order valence-corrected chi connectivity index (χ1v) is 9.02. The molecule has 142 valence electrons. The van der Waals surface area contributed by atoms with Crippen LogP contribution in [0, 0.1) is 11.2 Å².